The highest BCUT2D eigenvalue weighted by atomic mass is 28.4. The van der Waals surface area contributed by atoms with Crippen molar-refractivity contribution in [3.8, 4) is 0 Å². The van der Waals surface area contributed by atoms with E-state index in [0.29, 0.717) is 9.76 Å². The van der Waals surface area contributed by atoms with Crippen LogP contribution in [0, 0.1) is 0 Å². The smallest absolute Gasteiger partial charge is 0.215 e. The zero-order chi connectivity index (χ0) is 13.0. The van der Waals surface area contributed by atoms with Crippen molar-refractivity contribution in [2.75, 3.05) is 0 Å². The van der Waals surface area contributed by atoms with E-state index < -0.39 is 8.32 Å². The summed E-state index contributed by atoms with van der Waals surface area (Å²) in [5.41, 5.74) is 2.02. The molecule has 0 aliphatic rings. The fraction of sp³-hybridized carbons (Fsp3) is 0.857. The normalized spacial score (nSPS) is 11.7. The van der Waals surface area contributed by atoms with Gasteiger partial charge in [0.05, 0.1) is 0 Å². The van der Waals surface area contributed by atoms with Gasteiger partial charge in [0.2, 0.25) is 9.76 Å². The highest BCUT2D eigenvalue weighted by Crippen LogP contribution is 2.10. The Kier molecular flexibility index (Phi) is 11.3. The molecule has 0 saturated heterocycles. The quantitative estimate of drug-likeness (QED) is 0.354. The van der Waals surface area contributed by atoms with Gasteiger partial charge in [-0.2, -0.15) is 0 Å². The van der Waals surface area contributed by atoms with E-state index in [2.05, 4.69) is 26.6 Å². The minimum absolute atomic E-state index is 0.693. The zero-order valence-electron chi connectivity index (χ0n) is 12.1. The predicted molar refractivity (Wildman–Crippen MR) is 81.9 cm³/mol. The van der Waals surface area contributed by atoms with Crippen LogP contribution in [0.4, 0.5) is 0 Å². The van der Waals surface area contributed by atoms with Crippen LogP contribution in [0.2, 0.25) is 19.1 Å². The summed E-state index contributed by atoms with van der Waals surface area (Å²) < 4.78 is 5.89. The SMILES string of the molecule is C=C[Si](C)(C)O[Si]CCCCCCCCCC. The molecule has 0 saturated carbocycles. The van der Waals surface area contributed by atoms with Crippen LogP contribution in [-0.4, -0.2) is 18.1 Å². The molecule has 0 N–H and O–H groups in total. The average Bonchev–Trinajstić information content (AvgIpc) is 2.31. The number of hydrogen-bond donors (Lipinski definition) is 0. The molecule has 0 aromatic carbocycles. The topological polar surface area (TPSA) is 9.23 Å². The Balaban J connectivity index is 3.11. The maximum atomic E-state index is 5.89. The second kappa shape index (κ2) is 11.2. The first kappa shape index (κ1) is 17.1. The largest absolute Gasteiger partial charge is 0.453 e. The van der Waals surface area contributed by atoms with Gasteiger partial charge in [0, 0.05) is 0 Å². The maximum Gasteiger partial charge on any atom is 0.215 e. The number of hydrogen-bond acceptors (Lipinski definition) is 1. The summed E-state index contributed by atoms with van der Waals surface area (Å²) in [6.07, 6.45) is 11.2. The van der Waals surface area contributed by atoms with E-state index in [1.807, 2.05) is 5.70 Å². The molecule has 3 heteroatoms. The number of unbranched alkanes of at least 4 members (excludes halogenated alkanes) is 7. The number of rotatable bonds is 12. The summed E-state index contributed by atoms with van der Waals surface area (Å²) in [7, 11) is -0.798. The Labute approximate surface area is 112 Å². The molecular formula is C14H30OSi2. The van der Waals surface area contributed by atoms with Gasteiger partial charge < -0.3 is 4.12 Å². The van der Waals surface area contributed by atoms with Gasteiger partial charge in [-0.05, 0) is 19.1 Å². The summed E-state index contributed by atoms with van der Waals surface area (Å²) in [6.45, 7) is 10.5. The third-order valence-electron chi connectivity index (χ3n) is 2.96. The lowest BCUT2D eigenvalue weighted by Crippen LogP contribution is -2.29. The van der Waals surface area contributed by atoms with Crippen LogP contribution >= 0.6 is 0 Å². The van der Waals surface area contributed by atoms with Gasteiger partial charge in [0.25, 0.3) is 0 Å². The molecule has 0 aliphatic heterocycles. The van der Waals surface area contributed by atoms with Crippen molar-refractivity contribution >= 4 is 18.1 Å². The average molecular weight is 271 g/mol. The first-order valence-electron chi connectivity index (χ1n) is 7.17. The summed E-state index contributed by atoms with van der Waals surface area (Å²) in [5, 5.41) is 0. The van der Waals surface area contributed by atoms with Gasteiger partial charge in [-0.1, -0.05) is 64.0 Å². The van der Waals surface area contributed by atoms with E-state index >= 15 is 0 Å². The van der Waals surface area contributed by atoms with Crippen molar-refractivity contribution in [2.45, 2.75) is 77.4 Å². The van der Waals surface area contributed by atoms with E-state index in [1.165, 1.54) is 57.4 Å². The van der Waals surface area contributed by atoms with Crippen LogP contribution in [0.1, 0.15) is 58.3 Å². The van der Waals surface area contributed by atoms with E-state index in [4.69, 9.17) is 4.12 Å². The highest BCUT2D eigenvalue weighted by molar-refractivity contribution is 6.79. The standard InChI is InChI=1S/C14H30OSi2/c1-5-7-8-9-10-11-12-13-14-16-15-17(3,4)6-2/h6H,2,5,7-14H2,1,3-4H3. The van der Waals surface area contributed by atoms with E-state index in [-0.39, 0.29) is 0 Å². The molecule has 100 valence electrons. The van der Waals surface area contributed by atoms with Crippen LogP contribution in [0.15, 0.2) is 12.3 Å². The molecule has 2 radical (unpaired) electrons. The predicted octanol–water partition coefficient (Wildman–Crippen LogP) is 5.11. The Bertz CT molecular complexity index is 181. The van der Waals surface area contributed by atoms with Gasteiger partial charge >= 0.3 is 0 Å². The maximum absolute atomic E-state index is 5.89. The third kappa shape index (κ3) is 12.4. The molecule has 17 heavy (non-hydrogen) atoms. The lowest BCUT2D eigenvalue weighted by molar-refractivity contribution is 0.570. The molecule has 0 fully saturated rings. The summed E-state index contributed by atoms with van der Waals surface area (Å²) in [6, 6.07) is 1.25. The van der Waals surface area contributed by atoms with Gasteiger partial charge in [-0.3, -0.25) is 0 Å². The summed E-state index contributed by atoms with van der Waals surface area (Å²) in [4.78, 5) is 0. The molecule has 0 heterocycles. The molecule has 1 nitrogen and oxygen atoms in total. The van der Waals surface area contributed by atoms with Gasteiger partial charge in [0.1, 0.15) is 0 Å². The molecule has 0 amide bonds. The zero-order valence-corrected chi connectivity index (χ0v) is 14.1. The lowest BCUT2D eigenvalue weighted by atomic mass is 10.1. The van der Waals surface area contributed by atoms with Crippen molar-refractivity contribution in [2.24, 2.45) is 0 Å². The molecule has 0 aromatic heterocycles. The molecule has 0 spiro atoms. The molecule has 0 aromatic rings. The fourth-order valence-corrected chi connectivity index (χ4v) is 4.23. The van der Waals surface area contributed by atoms with Gasteiger partial charge in [-0.25, -0.2) is 0 Å². The van der Waals surface area contributed by atoms with Crippen molar-refractivity contribution in [3.63, 3.8) is 0 Å². The molecule has 0 bridgehead atoms. The van der Waals surface area contributed by atoms with Gasteiger partial charge in [0.15, 0.2) is 8.32 Å². The van der Waals surface area contributed by atoms with Gasteiger partial charge in [-0.15, -0.1) is 6.58 Å². The summed E-state index contributed by atoms with van der Waals surface area (Å²) >= 11 is 0. The monoisotopic (exact) mass is 270 g/mol. The Morgan fingerprint density at radius 1 is 1.00 bits per heavy atom. The highest BCUT2D eigenvalue weighted by Gasteiger charge is 2.16. The minimum atomic E-state index is -1.49. The molecular weight excluding hydrogens is 240 g/mol. The van der Waals surface area contributed by atoms with Crippen LogP contribution in [0.5, 0.6) is 0 Å². The van der Waals surface area contributed by atoms with Crippen molar-refractivity contribution < 1.29 is 4.12 Å². The Hall–Kier alpha value is 0.134. The minimum Gasteiger partial charge on any atom is -0.453 e. The third-order valence-corrected chi connectivity index (χ3v) is 7.18. The first-order valence-corrected chi connectivity index (χ1v) is 11.3. The van der Waals surface area contributed by atoms with Crippen molar-refractivity contribution in [3.05, 3.63) is 12.3 Å². The molecule has 0 rings (SSSR count). The van der Waals surface area contributed by atoms with E-state index in [1.54, 1.807) is 0 Å². The molecule has 0 aliphatic carbocycles. The second-order valence-corrected chi connectivity index (χ2v) is 10.5. The molecule has 0 unspecified atom stereocenters. The van der Waals surface area contributed by atoms with Crippen LogP contribution in [0.3, 0.4) is 0 Å². The summed E-state index contributed by atoms with van der Waals surface area (Å²) in [5.74, 6) is 0. The van der Waals surface area contributed by atoms with E-state index in [9.17, 15) is 0 Å². The first-order chi connectivity index (χ1) is 8.12. The van der Waals surface area contributed by atoms with Crippen LogP contribution in [0.25, 0.3) is 0 Å². The Morgan fingerprint density at radius 3 is 2.06 bits per heavy atom. The second-order valence-electron chi connectivity index (χ2n) is 5.28. The van der Waals surface area contributed by atoms with Crippen LogP contribution < -0.4 is 0 Å². The lowest BCUT2D eigenvalue weighted by Gasteiger charge is -2.17. The van der Waals surface area contributed by atoms with Crippen molar-refractivity contribution in [1.82, 2.24) is 0 Å². The van der Waals surface area contributed by atoms with E-state index in [0.717, 1.165) is 0 Å². The Morgan fingerprint density at radius 2 is 1.53 bits per heavy atom. The molecule has 0 atom stereocenters. The fourth-order valence-electron chi connectivity index (χ4n) is 1.61. The van der Waals surface area contributed by atoms with Crippen molar-refractivity contribution in [1.29, 1.82) is 0 Å². The van der Waals surface area contributed by atoms with Crippen LogP contribution in [-0.2, 0) is 4.12 Å².